The van der Waals surface area contributed by atoms with Crippen LogP contribution in [-0.2, 0) is 5.60 Å². The molecule has 1 rings (SSSR count). The average Bonchev–Trinajstić information content (AvgIpc) is 2.29. The lowest BCUT2D eigenvalue weighted by Crippen LogP contribution is -2.28. The second-order valence-electron chi connectivity index (χ2n) is 4.22. The van der Waals surface area contributed by atoms with Crippen molar-refractivity contribution in [3.8, 4) is 5.75 Å². The quantitative estimate of drug-likeness (QED) is 0.770. The van der Waals surface area contributed by atoms with E-state index in [0.29, 0.717) is 17.2 Å². The zero-order valence-electron chi connectivity index (χ0n) is 10.6. The van der Waals surface area contributed by atoms with Gasteiger partial charge in [0.2, 0.25) is 0 Å². The van der Waals surface area contributed by atoms with Crippen molar-refractivity contribution in [1.29, 1.82) is 0 Å². The molecule has 17 heavy (non-hydrogen) atoms. The van der Waals surface area contributed by atoms with Crippen molar-refractivity contribution in [3.05, 3.63) is 28.8 Å². The van der Waals surface area contributed by atoms with Crippen LogP contribution >= 0.6 is 11.6 Å². The van der Waals surface area contributed by atoms with Gasteiger partial charge in [-0.05, 0) is 44.6 Å². The van der Waals surface area contributed by atoms with Crippen LogP contribution in [0.1, 0.15) is 25.8 Å². The first-order valence-electron chi connectivity index (χ1n) is 5.78. The molecular formula is C13H20ClNO2. The van der Waals surface area contributed by atoms with Crippen LogP contribution in [0.15, 0.2) is 18.2 Å². The smallest absolute Gasteiger partial charge is 0.125 e. The van der Waals surface area contributed by atoms with E-state index >= 15 is 0 Å². The van der Waals surface area contributed by atoms with Gasteiger partial charge in [0.1, 0.15) is 5.75 Å². The van der Waals surface area contributed by atoms with Crippen molar-refractivity contribution in [2.45, 2.75) is 25.9 Å². The van der Waals surface area contributed by atoms with Gasteiger partial charge in [-0.25, -0.2) is 0 Å². The Hall–Kier alpha value is -0.770. The summed E-state index contributed by atoms with van der Waals surface area (Å²) in [5.41, 5.74) is -0.219. The molecule has 1 unspecified atom stereocenters. The van der Waals surface area contributed by atoms with Gasteiger partial charge in [0.25, 0.3) is 0 Å². The Bertz CT molecular complexity index is 366. The standard InChI is InChI=1S/C13H20ClNO2/c1-4-15-8-7-13(2,16)11-9-10(14)5-6-12(11)17-3/h5-6,9,15-16H,4,7-8H2,1-3H3. The van der Waals surface area contributed by atoms with Crippen LogP contribution in [0.25, 0.3) is 0 Å². The lowest BCUT2D eigenvalue weighted by molar-refractivity contribution is 0.0456. The van der Waals surface area contributed by atoms with Crippen LogP contribution in [0, 0.1) is 0 Å². The van der Waals surface area contributed by atoms with Crippen molar-refractivity contribution < 1.29 is 9.84 Å². The first-order chi connectivity index (χ1) is 8.01. The molecule has 0 aliphatic rings. The van der Waals surface area contributed by atoms with Crippen LogP contribution in [0.2, 0.25) is 5.02 Å². The molecule has 0 saturated heterocycles. The van der Waals surface area contributed by atoms with Crippen LogP contribution in [0.3, 0.4) is 0 Å². The van der Waals surface area contributed by atoms with E-state index in [1.165, 1.54) is 0 Å². The fourth-order valence-electron chi connectivity index (χ4n) is 1.74. The molecule has 96 valence electrons. The zero-order valence-corrected chi connectivity index (χ0v) is 11.3. The number of halogens is 1. The predicted octanol–water partition coefficient (Wildman–Crippen LogP) is 2.56. The van der Waals surface area contributed by atoms with Gasteiger partial charge in [0.05, 0.1) is 12.7 Å². The SMILES string of the molecule is CCNCCC(C)(O)c1cc(Cl)ccc1OC. The highest BCUT2D eigenvalue weighted by Gasteiger charge is 2.26. The first-order valence-corrected chi connectivity index (χ1v) is 6.16. The maximum absolute atomic E-state index is 10.5. The molecule has 1 atom stereocenters. The summed E-state index contributed by atoms with van der Waals surface area (Å²) in [5, 5.41) is 14.3. The van der Waals surface area contributed by atoms with Gasteiger partial charge in [0.15, 0.2) is 0 Å². The molecular weight excluding hydrogens is 238 g/mol. The van der Waals surface area contributed by atoms with Gasteiger partial charge in [-0.1, -0.05) is 18.5 Å². The third kappa shape index (κ3) is 3.87. The minimum atomic E-state index is -0.946. The van der Waals surface area contributed by atoms with Gasteiger partial charge >= 0.3 is 0 Å². The molecule has 4 heteroatoms. The van der Waals surface area contributed by atoms with Gasteiger partial charge in [-0.3, -0.25) is 0 Å². The van der Waals surface area contributed by atoms with Gasteiger partial charge in [0, 0.05) is 10.6 Å². The second kappa shape index (κ2) is 6.24. The Balaban J connectivity index is 2.91. The van der Waals surface area contributed by atoms with E-state index in [4.69, 9.17) is 16.3 Å². The van der Waals surface area contributed by atoms with E-state index in [1.807, 2.05) is 6.92 Å². The molecule has 1 aromatic carbocycles. The summed E-state index contributed by atoms with van der Waals surface area (Å²) in [6, 6.07) is 5.29. The van der Waals surface area contributed by atoms with Crippen molar-refractivity contribution in [3.63, 3.8) is 0 Å². The number of hydrogen-bond acceptors (Lipinski definition) is 3. The first kappa shape index (κ1) is 14.3. The summed E-state index contributed by atoms with van der Waals surface area (Å²) in [6.45, 7) is 5.45. The summed E-state index contributed by atoms with van der Waals surface area (Å²) in [5.74, 6) is 0.663. The summed E-state index contributed by atoms with van der Waals surface area (Å²) in [4.78, 5) is 0. The van der Waals surface area contributed by atoms with E-state index in [9.17, 15) is 5.11 Å². The summed E-state index contributed by atoms with van der Waals surface area (Å²) in [7, 11) is 1.59. The zero-order chi connectivity index (χ0) is 12.9. The average molecular weight is 258 g/mol. The number of ether oxygens (including phenoxy) is 1. The fraction of sp³-hybridized carbons (Fsp3) is 0.538. The van der Waals surface area contributed by atoms with Gasteiger partial charge < -0.3 is 15.2 Å². The van der Waals surface area contributed by atoms with Crippen molar-refractivity contribution in [2.24, 2.45) is 0 Å². The Labute approximate surface area is 108 Å². The lowest BCUT2D eigenvalue weighted by atomic mass is 9.91. The minimum absolute atomic E-state index is 0.601. The highest BCUT2D eigenvalue weighted by Crippen LogP contribution is 2.34. The van der Waals surface area contributed by atoms with Crippen molar-refractivity contribution >= 4 is 11.6 Å². The number of rotatable bonds is 6. The molecule has 0 aliphatic heterocycles. The van der Waals surface area contributed by atoms with Crippen LogP contribution in [0.5, 0.6) is 5.75 Å². The molecule has 0 spiro atoms. The van der Waals surface area contributed by atoms with Crippen molar-refractivity contribution in [1.82, 2.24) is 5.32 Å². The third-order valence-electron chi connectivity index (χ3n) is 2.78. The molecule has 2 N–H and O–H groups in total. The molecule has 0 aliphatic carbocycles. The summed E-state index contributed by atoms with van der Waals surface area (Å²) < 4.78 is 5.25. The number of nitrogens with one attached hydrogen (secondary N) is 1. The van der Waals surface area contributed by atoms with E-state index in [0.717, 1.165) is 18.7 Å². The van der Waals surface area contributed by atoms with Crippen LogP contribution in [-0.4, -0.2) is 25.3 Å². The topological polar surface area (TPSA) is 41.5 Å². The minimum Gasteiger partial charge on any atom is -0.496 e. The lowest BCUT2D eigenvalue weighted by Gasteiger charge is -2.26. The molecule has 1 aromatic rings. The maximum Gasteiger partial charge on any atom is 0.125 e. The maximum atomic E-state index is 10.5. The number of hydrogen-bond donors (Lipinski definition) is 2. The molecule has 3 nitrogen and oxygen atoms in total. The summed E-state index contributed by atoms with van der Waals surface area (Å²) >= 11 is 5.96. The Morgan fingerprint density at radius 1 is 1.47 bits per heavy atom. The van der Waals surface area contributed by atoms with E-state index in [1.54, 1.807) is 32.2 Å². The van der Waals surface area contributed by atoms with E-state index in [-0.39, 0.29) is 0 Å². The Morgan fingerprint density at radius 3 is 2.76 bits per heavy atom. The molecule has 0 aromatic heterocycles. The Kier molecular flexibility index (Phi) is 5.25. The molecule has 0 radical (unpaired) electrons. The highest BCUT2D eigenvalue weighted by molar-refractivity contribution is 6.30. The van der Waals surface area contributed by atoms with E-state index in [2.05, 4.69) is 5.32 Å². The normalized spacial score (nSPS) is 14.4. The molecule has 0 amide bonds. The fourth-order valence-corrected chi connectivity index (χ4v) is 1.92. The third-order valence-corrected chi connectivity index (χ3v) is 3.02. The molecule has 0 bridgehead atoms. The van der Waals surface area contributed by atoms with Gasteiger partial charge in [-0.2, -0.15) is 0 Å². The number of methoxy groups -OCH3 is 1. The number of aliphatic hydroxyl groups is 1. The molecule has 0 heterocycles. The second-order valence-corrected chi connectivity index (χ2v) is 4.66. The predicted molar refractivity (Wildman–Crippen MR) is 70.7 cm³/mol. The highest BCUT2D eigenvalue weighted by atomic mass is 35.5. The van der Waals surface area contributed by atoms with Gasteiger partial charge in [-0.15, -0.1) is 0 Å². The Morgan fingerprint density at radius 2 is 2.18 bits per heavy atom. The molecule has 0 fully saturated rings. The number of benzene rings is 1. The monoisotopic (exact) mass is 257 g/mol. The van der Waals surface area contributed by atoms with Crippen LogP contribution in [0.4, 0.5) is 0 Å². The van der Waals surface area contributed by atoms with Crippen molar-refractivity contribution in [2.75, 3.05) is 20.2 Å². The van der Waals surface area contributed by atoms with E-state index < -0.39 is 5.60 Å². The summed E-state index contributed by atoms with van der Waals surface area (Å²) in [6.07, 6.45) is 0.609. The van der Waals surface area contributed by atoms with Crippen LogP contribution < -0.4 is 10.1 Å². The largest absolute Gasteiger partial charge is 0.496 e. The molecule has 0 saturated carbocycles.